The molecular formula is C25H28F3N3O2. The number of hydrogen-bond donors (Lipinski definition) is 2. The highest BCUT2D eigenvalue weighted by atomic mass is 19.4. The number of rotatable bonds is 8. The van der Waals surface area contributed by atoms with Gasteiger partial charge in [-0.1, -0.05) is 36.4 Å². The van der Waals surface area contributed by atoms with Crippen LogP contribution in [0.4, 0.5) is 13.2 Å². The number of H-pyrrole nitrogens is 1. The number of morpholine rings is 1. The van der Waals surface area contributed by atoms with E-state index in [9.17, 15) is 18.0 Å². The fourth-order valence-electron chi connectivity index (χ4n) is 4.44. The number of hydrogen-bond acceptors (Lipinski definition) is 3. The molecule has 0 bridgehead atoms. The van der Waals surface area contributed by atoms with Gasteiger partial charge in [0.1, 0.15) is 0 Å². The molecule has 2 N–H and O–H groups in total. The molecule has 2 aromatic carbocycles. The van der Waals surface area contributed by atoms with Crippen LogP contribution in [0.3, 0.4) is 0 Å². The Morgan fingerprint density at radius 2 is 1.79 bits per heavy atom. The summed E-state index contributed by atoms with van der Waals surface area (Å²) in [5.74, 6) is -0.984. The number of para-hydroxylation sites is 1. The van der Waals surface area contributed by atoms with Gasteiger partial charge in [-0.05, 0) is 36.2 Å². The quantitative estimate of drug-likeness (QED) is 0.486. The van der Waals surface area contributed by atoms with Crippen molar-refractivity contribution < 1.29 is 22.7 Å². The molecule has 1 aliphatic heterocycles. The summed E-state index contributed by atoms with van der Waals surface area (Å²) in [6.07, 6.45) is -2.07. The lowest BCUT2D eigenvalue weighted by molar-refractivity contribution is -0.138. The zero-order valence-corrected chi connectivity index (χ0v) is 18.3. The predicted octanol–water partition coefficient (Wildman–Crippen LogP) is 4.55. The van der Waals surface area contributed by atoms with Gasteiger partial charge in [-0.2, -0.15) is 13.2 Å². The van der Waals surface area contributed by atoms with Crippen molar-refractivity contribution in [2.75, 3.05) is 39.4 Å². The SMILES string of the molecule is O=C(CC(c1ccccc1C(F)(F)F)c1c[nH]c2ccccc12)NCCCN1CCOCC1. The minimum atomic E-state index is -4.50. The minimum absolute atomic E-state index is 0.0630. The highest BCUT2D eigenvalue weighted by Crippen LogP contribution is 2.40. The first-order valence-corrected chi connectivity index (χ1v) is 11.2. The van der Waals surface area contributed by atoms with Crippen molar-refractivity contribution in [2.45, 2.75) is 24.9 Å². The van der Waals surface area contributed by atoms with Crippen molar-refractivity contribution in [2.24, 2.45) is 0 Å². The van der Waals surface area contributed by atoms with Gasteiger partial charge in [-0.25, -0.2) is 0 Å². The zero-order chi connectivity index (χ0) is 23.3. The first-order valence-electron chi connectivity index (χ1n) is 11.2. The van der Waals surface area contributed by atoms with E-state index in [-0.39, 0.29) is 17.9 Å². The van der Waals surface area contributed by atoms with Crippen LogP contribution in [0.25, 0.3) is 10.9 Å². The highest BCUT2D eigenvalue weighted by Gasteiger charge is 2.36. The molecule has 1 atom stereocenters. The van der Waals surface area contributed by atoms with Crippen LogP contribution in [-0.2, 0) is 15.7 Å². The van der Waals surface area contributed by atoms with E-state index in [0.29, 0.717) is 12.1 Å². The number of nitrogens with one attached hydrogen (secondary N) is 2. The first kappa shape index (κ1) is 23.3. The Morgan fingerprint density at radius 1 is 1.06 bits per heavy atom. The van der Waals surface area contributed by atoms with E-state index >= 15 is 0 Å². The molecule has 4 rings (SSSR count). The number of aromatic nitrogens is 1. The van der Waals surface area contributed by atoms with Crippen LogP contribution in [0, 0.1) is 0 Å². The molecule has 1 aromatic heterocycles. The van der Waals surface area contributed by atoms with Crippen molar-refractivity contribution in [3.8, 4) is 0 Å². The molecule has 5 nitrogen and oxygen atoms in total. The number of ether oxygens (including phenoxy) is 1. The standard InChI is InChI=1S/C25H28F3N3O2/c26-25(27,28)22-8-3-1-6-18(22)20(21-17-30-23-9-4-2-7-19(21)23)16-24(32)29-10-5-11-31-12-14-33-15-13-31/h1-4,6-9,17,20,30H,5,10-16H2,(H,29,32). The average Bonchev–Trinajstić information content (AvgIpc) is 3.24. The van der Waals surface area contributed by atoms with Crippen molar-refractivity contribution in [1.29, 1.82) is 0 Å². The Kier molecular flexibility index (Phi) is 7.35. The van der Waals surface area contributed by atoms with E-state index in [2.05, 4.69) is 15.2 Å². The van der Waals surface area contributed by atoms with Gasteiger partial charge >= 0.3 is 6.18 Å². The molecule has 33 heavy (non-hydrogen) atoms. The number of benzene rings is 2. The molecule has 1 fully saturated rings. The largest absolute Gasteiger partial charge is 0.416 e. The van der Waals surface area contributed by atoms with Gasteiger partial charge in [0.25, 0.3) is 0 Å². The van der Waals surface area contributed by atoms with Gasteiger partial charge in [0.05, 0.1) is 18.8 Å². The van der Waals surface area contributed by atoms with E-state index in [1.807, 2.05) is 24.3 Å². The predicted molar refractivity (Wildman–Crippen MR) is 121 cm³/mol. The third-order valence-corrected chi connectivity index (χ3v) is 6.10. The van der Waals surface area contributed by atoms with Gasteiger partial charge in [-0.3, -0.25) is 9.69 Å². The van der Waals surface area contributed by atoms with Gasteiger partial charge in [-0.15, -0.1) is 0 Å². The molecule has 1 unspecified atom stereocenters. The number of nitrogens with zero attached hydrogens (tertiary/aromatic N) is 1. The lowest BCUT2D eigenvalue weighted by Crippen LogP contribution is -2.38. The van der Waals surface area contributed by atoms with Crippen LogP contribution in [-0.4, -0.2) is 55.2 Å². The molecule has 1 saturated heterocycles. The van der Waals surface area contributed by atoms with Gasteiger partial charge < -0.3 is 15.0 Å². The second-order valence-electron chi connectivity index (χ2n) is 8.29. The monoisotopic (exact) mass is 459 g/mol. The number of carbonyl (C=O) groups is 1. The smallest absolute Gasteiger partial charge is 0.379 e. The summed E-state index contributed by atoms with van der Waals surface area (Å²) >= 11 is 0. The fraction of sp³-hybridized carbons (Fsp3) is 0.400. The van der Waals surface area contributed by atoms with Gasteiger partial charge in [0.15, 0.2) is 0 Å². The lowest BCUT2D eigenvalue weighted by Gasteiger charge is -2.26. The Balaban J connectivity index is 1.52. The van der Waals surface area contributed by atoms with Crippen LogP contribution in [0.5, 0.6) is 0 Å². The zero-order valence-electron chi connectivity index (χ0n) is 18.3. The molecule has 1 aliphatic rings. The molecule has 176 valence electrons. The van der Waals surface area contributed by atoms with Crippen LogP contribution in [0.2, 0.25) is 0 Å². The lowest BCUT2D eigenvalue weighted by atomic mass is 9.85. The second-order valence-corrected chi connectivity index (χ2v) is 8.29. The van der Waals surface area contributed by atoms with Crippen LogP contribution >= 0.6 is 0 Å². The van der Waals surface area contributed by atoms with Crippen molar-refractivity contribution in [1.82, 2.24) is 15.2 Å². The van der Waals surface area contributed by atoms with E-state index in [1.165, 1.54) is 12.1 Å². The Bertz CT molecular complexity index is 1070. The first-order chi connectivity index (χ1) is 15.9. The van der Waals surface area contributed by atoms with Crippen molar-refractivity contribution >= 4 is 16.8 Å². The van der Waals surface area contributed by atoms with E-state index in [1.54, 1.807) is 12.3 Å². The number of halogens is 3. The maximum Gasteiger partial charge on any atom is 0.416 e. The highest BCUT2D eigenvalue weighted by molar-refractivity contribution is 5.86. The number of fused-ring (bicyclic) bond motifs is 1. The number of amides is 1. The summed E-state index contributed by atoms with van der Waals surface area (Å²) in [6, 6.07) is 13.0. The number of aromatic amines is 1. The van der Waals surface area contributed by atoms with Crippen LogP contribution in [0.15, 0.2) is 54.7 Å². The molecule has 8 heteroatoms. The van der Waals surface area contributed by atoms with E-state index in [4.69, 9.17) is 4.74 Å². The summed E-state index contributed by atoms with van der Waals surface area (Å²) in [5, 5.41) is 3.72. The van der Waals surface area contributed by atoms with Crippen molar-refractivity contribution in [3.63, 3.8) is 0 Å². The molecular weight excluding hydrogens is 431 g/mol. The molecule has 2 heterocycles. The number of carbonyl (C=O) groups excluding carboxylic acids is 1. The third kappa shape index (κ3) is 5.75. The Labute approximate surface area is 190 Å². The molecule has 0 spiro atoms. The Morgan fingerprint density at radius 3 is 2.58 bits per heavy atom. The van der Waals surface area contributed by atoms with Crippen LogP contribution in [0.1, 0.15) is 35.4 Å². The summed E-state index contributed by atoms with van der Waals surface area (Å²) in [4.78, 5) is 18.2. The summed E-state index contributed by atoms with van der Waals surface area (Å²) < 4.78 is 46.8. The van der Waals surface area contributed by atoms with Gasteiger partial charge in [0.2, 0.25) is 5.91 Å². The Hall–Kier alpha value is -2.84. The second kappa shape index (κ2) is 10.4. The maximum atomic E-state index is 13.8. The summed E-state index contributed by atoms with van der Waals surface area (Å²) in [7, 11) is 0. The van der Waals surface area contributed by atoms with E-state index in [0.717, 1.165) is 56.2 Å². The van der Waals surface area contributed by atoms with Gasteiger partial charge in [0, 0.05) is 49.1 Å². The third-order valence-electron chi connectivity index (χ3n) is 6.10. The fourth-order valence-corrected chi connectivity index (χ4v) is 4.44. The summed E-state index contributed by atoms with van der Waals surface area (Å²) in [6.45, 7) is 4.54. The summed E-state index contributed by atoms with van der Waals surface area (Å²) in [5.41, 5.74) is 0.914. The van der Waals surface area contributed by atoms with Crippen molar-refractivity contribution in [3.05, 3.63) is 71.4 Å². The molecule has 0 saturated carbocycles. The topological polar surface area (TPSA) is 57.4 Å². The molecule has 1 amide bonds. The molecule has 3 aromatic rings. The number of alkyl halides is 3. The molecule has 0 radical (unpaired) electrons. The van der Waals surface area contributed by atoms with Crippen LogP contribution < -0.4 is 5.32 Å². The maximum absolute atomic E-state index is 13.8. The normalized spacial score (nSPS) is 16.1. The average molecular weight is 460 g/mol. The minimum Gasteiger partial charge on any atom is -0.379 e. The molecule has 0 aliphatic carbocycles. The van der Waals surface area contributed by atoms with E-state index < -0.39 is 17.7 Å².